The summed E-state index contributed by atoms with van der Waals surface area (Å²) < 4.78 is 38.1. The molecule has 1 N–H and O–H groups in total. The van der Waals surface area contributed by atoms with Crippen LogP contribution in [-0.2, 0) is 11.0 Å². The lowest BCUT2D eigenvalue weighted by Gasteiger charge is -2.16. The van der Waals surface area contributed by atoms with Crippen molar-refractivity contribution in [3.05, 3.63) is 59.8 Å². The molecule has 7 heteroatoms. The van der Waals surface area contributed by atoms with E-state index in [4.69, 9.17) is 0 Å². The van der Waals surface area contributed by atoms with Gasteiger partial charge in [-0.15, -0.1) is 0 Å². The zero-order chi connectivity index (χ0) is 18.6. The number of amides is 1. The second kappa shape index (κ2) is 7.59. The lowest BCUT2D eigenvalue weighted by Crippen LogP contribution is -2.18. The SMILES string of the molecule is O=C(C=Cc1cccc(C(F)(F)F)c1)Nc1ccc(N2CCCC2)nc1. The molecule has 1 aliphatic heterocycles. The summed E-state index contributed by atoms with van der Waals surface area (Å²) in [6.45, 7) is 1.97. The summed E-state index contributed by atoms with van der Waals surface area (Å²) in [5.41, 5.74) is 0.0888. The Labute approximate surface area is 149 Å². The van der Waals surface area contributed by atoms with Crippen LogP contribution >= 0.6 is 0 Å². The van der Waals surface area contributed by atoms with Gasteiger partial charge >= 0.3 is 6.18 Å². The first-order valence-electron chi connectivity index (χ1n) is 8.29. The third-order valence-electron chi connectivity index (χ3n) is 4.09. The molecule has 0 saturated carbocycles. The van der Waals surface area contributed by atoms with Gasteiger partial charge in [-0.2, -0.15) is 13.2 Å². The molecule has 1 saturated heterocycles. The molecule has 1 aromatic carbocycles. The zero-order valence-electron chi connectivity index (χ0n) is 14.0. The number of anilines is 2. The number of hydrogen-bond donors (Lipinski definition) is 1. The van der Waals surface area contributed by atoms with Gasteiger partial charge in [-0.05, 0) is 48.7 Å². The molecule has 1 fully saturated rings. The van der Waals surface area contributed by atoms with Crippen LogP contribution in [0.5, 0.6) is 0 Å². The van der Waals surface area contributed by atoms with Crippen molar-refractivity contribution in [3.8, 4) is 0 Å². The summed E-state index contributed by atoms with van der Waals surface area (Å²) in [7, 11) is 0. The summed E-state index contributed by atoms with van der Waals surface area (Å²) in [6, 6.07) is 8.40. The van der Waals surface area contributed by atoms with Gasteiger partial charge in [0.15, 0.2) is 0 Å². The van der Waals surface area contributed by atoms with Gasteiger partial charge in [-0.3, -0.25) is 4.79 Å². The predicted octanol–water partition coefficient (Wildman–Crippen LogP) is 4.35. The maximum absolute atomic E-state index is 12.7. The van der Waals surface area contributed by atoms with Gasteiger partial charge < -0.3 is 10.2 Å². The number of rotatable bonds is 4. The highest BCUT2D eigenvalue weighted by Crippen LogP contribution is 2.29. The number of halogens is 3. The van der Waals surface area contributed by atoms with Crippen LogP contribution in [0.4, 0.5) is 24.7 Å². The van der Waals surface area contributed by atoms with Gasteiger partial charge in [0.25, 0.3) is 0 Å². The van der Waals surface area contributed by atoms with Crippen molar-refractivity contribution in [3.63, 3.8) is 0 Å². The lowest BCUT2D eigenvalue weighted by molar-refractivity contribution is -0.137. The topological polar surface area (TPSA) is 45.2 Å². The molecule has 0 aliphatic carbocycles. The second-order valence-corrected chi connectivity index (χ2v) is 6.05. The number of alkyl halides is 3. The fourth-order valence-electron chi connectivity index (χ4n) is 2.77. The molecule has 0 bridgehead atoms. The highest BCUT2D eigenvalue weighted by atomic mass is 19.4. The van der Waals surface area contributed by atoms with E-state index >= 15 is 0 Å². The molecule has 0 atom stereocenters. The van der Waals surface area contributed by atoms with E-state index in [9.17, 15) is 18.0 Å². The summed E-state index contributed by atoms with van der Waals surface area (Å²) >= 11 is 0. The molecule has 0 radical (unpaired) electrons. The average molecular weight is 361 g/mol. The second-order valence-electron chi connectivity index (χ2n) is 6.05. The number of benzene rings is 1. The van der Waals surface area contributed by atoms with Crippen LogP contribution in [0.3, 0.4) is 0 Å². The van der Waals surface area contributed by atoms with Crippen molar-refractivity contribution in [1.82, 2.24) is 4.98 Å². The molecule has 26 heavy (non-hydrogen) atoms. The third-order valence-corrected chi connectivity index (χ3v) is 4.09. The van der Waals surface area contributed by atoms with E-state index in [0.717, 1.165) is 43.9 Å². The van der Waals surface area contributed by atoms with Crippen LogP contribution in [0.1, 0.15) is 24.0 Å². The quantitative estimate of drug-likeness (QED) is 0.824. The highest BCUT2D eigenvalue weighted by molar-refractivity contribution is 6.01. The Morgan fingerprint density at radius 1 is 1.15 bits per heavy atom. The van der Waals surface area contributed by atoms with Crippen LogP contribution in [-0.4, -0.2) is 24.0 Å². The van der Waals surface area contributed by atoms with Crippen molar-refractivity contribution in [2.75, 3.05) is 23.3 Å². The summed E-state index contributed by atoms with van der Waals surface area (Å²) in [5, 5.41) is 2.65. The molecule has 4 nitrogen and oxygen atoms in total. The molecular formula is C19H18F3N3O. The molecule has 1 aromatic heterocycles. The fourth-order valence-corrected chi connectivity index (χ4v) is 2.77. The molecule has 136 valence electrons. The average Bonchev–Trinajstić information content (AvgIpc) is 3.15. The van der Waals surface area contributed by atoms with Crippen molar-refractivity contribution in [1.29, 1.82) is 0 Å². The van der Waals surface area contributed by atoms with Crippen LogP contribution < -0.4 is 10.2 Å². The first kappa shape index (κ1) is 18.0. The van der Waals surface area contributed by atoms with Crippen LogP contribution in [0.2, 0.25) is 0 Å². The third kappa shape index (κ3) is 4.62. The Bertz CT molecular complexity index is 794. The van der Waals surface area contributed by atoms with Gasteiger partial charge in [0.2, 0.25) is 5.91 Å². The fraction of sp³-hybridized carbons (Fsp3) is 0.263. The molecule has 2 aromatic rings. The van der Waals surface area contributed by atoms with Gasteiger partial charge in [0, 0.05) is 19.2 Å². The van der Waals surface area contributed by atoms with Crippen molar-refractivity contribution < 1.29 is 18.0 Å². The maximum atomic E-state index is 12.7. The first-order valence-corrected chi connectivity index (χ1v) is 8.29. The standard InChI is InChI=1S/C19H18F3N3O/c20-19(21,22)15-5-3-4-14(12-15)6-9-18(26)24-16-7-8-17(23-13-16)25-10-1-2-11-25/h3-9,12-13H,1-2,10-11H2,(H,24,26). The van der Waals surface area contributed by atoms with Gasteiger partial charge in [-0.25, -0.2) is 4.98 Å². The van der Waals surface area contributed by atoms with E-state index in [0.29, 0.717) is 11.3 Å². The van der Waals surface area contributed by atoms with E-state index in [-0.39, 0.29) is 0 Å². The van der Waals surface area contributed by atoms with Gasteiger partial charge in [-0.1, -0.05) is 12.1 Å². The van der Waals surface area contributed by atoms with E-state index in [1.54, 1.807) is 12.3 Å². The number of pyridine rings is 1. The summed E-state index contributed by atoms with van der Waals surface area (Å²) in [5.74, 6) is 0.443. The number of aromatic nitrogens is 1. The zero-order valence-corrected chi connectivity index (χ0v) is 14.0. The van der Waals surface area contributed by atoms with Crippen LogP contribution in [0, 0.1) is 0 Å². The van der Waals surface area contributed by atoms with Crippen molar-refractivity contribution in [2.45, 2.75) is 19.0 Å². The number of carbonyl (C=O) groups excluding carboxylic acids is 1. The minimum atomic E-state index is -4.41. The number of hydrogen-bond acceptors (Lipinski definition) is 3. The largest absolute Gasteiger partial charge is 0.416 e. The Balaban J connectivity index is 1.61. The Morgan fingerprint density at radius 3 is 2.58 bits per heavy atom. The normalized spacial score (nSPS) is 14.8. The Hall–Kier alpha value is -2.83. The predicted molar refractivity (Wildman–Crippen MR) is 94.8 cm³/mol. The van der Waals surface area contributed by atoms with Crippen molar-refractivity contribution >= 4 is 23.5 Å². The summed E-state index contributed by atoms with van der Waals surface area (Å²) in [6.07, 6.45) is 2.01. The van der Waals surface area contributed by atoms with Crippen molar-refractivity contribution in [2.24, 2.45) is 0 Å². The lowest BCUT2D eigenvalue weighted by atomic mass is 10.1. The highest BCUT2D eigenvalue weighted by Gasteiger charge is 2.30. The van der Waals surface area contributed by atoms with Crippen LogP contribution in [0.15, 0.2) is 48.7 Å². The monoisotopic (exact) mass is 361 g/mol. The maximum Gasteiger partial charge on any atom is 0.416 e. The Morgan fingerprint density at radius 2 is 1.92 bits per heavy atom. The number of nitrogens with one attached hydrogen (secondary N) is 1. The molecular weight excluding hydrogens is 343 g/mol. The summed E-state index contributed by atoms with van der Waals surface area (Å²) in [4.78, 5) is 18.5. The molecule has 3 rings (SSSR count). The smallest absolute Gasteiger partial charge is 0.357 e. The molecule has 1 amide bonds. The van der Waals surface area contributed by atoms with E-state index < -0.39 is 17.6 Å². The molecule has 0 spiro atoms. The number of carbonyl (C=O) groups is 1. The minimum Gasteiger partial charge on any atom is -0.357 e. The molecule has 1 aliphatic rings. The number of nitrogens with zero attached hydrogens (tertiary/aromatic N) is 2. The minimum absolute atomic E-state index is 0.303. The van der Waals surface area contributed by atoms with Crippen LogP contribution in [0.25, 0.3) is 6.08 Å². The van der Waals surface area contributed by atoms with Gasteiger partial charge in [0.1, 0.15) is 5.82 Å². The van der Waals surface area contributed by atoms with Gasteiger partial charge in [0.05, 0.1) is 17.4 Å². The molecule has 0 unspecified atom stereocenters. The van der Waals surface area contributed by atoms with E-state index in [1.807, 2.05) is 6.07 Å². The van der Waals surface area contributed by atoms with E-state index in [2.05, 4.69) is 15.2 Å². The Kier molecular flexibility index (Phi) is 5.25. The first-order chi connectivity index (χ1) is 12.4. The molecule has 2 heterocycles. The van der Waals surface area contributed by atoms with E-state index in [1.165, 1.54) is 24.3 Å².